The van der Waals surface area contributed by atoms with Crippen LogP contribution in [0.4, 0.5) is 0 Å². The van der Waals surface area contributed by atoms with Crippen molar-refractivity contribution in [2.45, 2.75) is 37.0 Å². The van der Waals surface area contributed by atoms with Crippen LogP contribution in [0.25, 0.3) is 11.4 Å². The number of thioether (sulfide) groups is 1. The molecule has 0 radical (unpaired) electrons. The van der Waals surface area contributed by atoms with E-state index in [0.29, 0.717) is 17.5 Å². The van der Waals surface area contributed by atoms with Crippen LogP contribution in [0.1, 0.15) is 19.8 Å². The van der Waals surface area contributed by atoms with E-state index in [1.807, 2.05) is 16.7 Å². The molecule has 2 heterocycles. The third-order valence-corrected chi connectivity index (χ3v) is 5.29. The number of hydrogen-bond donors (Lipinski definition) is 1. The van der Waals surface area contributed by atoms with Gasteiger partial charge in [-0.05, 0) is 37.8 Å². The van der Waals surface area contributed by atoms with Gasteiger partial charge in [0.2, 0.25) is 5.91 Å². The lowest BCUT2D eigenvalue weighted by molar-refractivity contribution is -0.119. The largest absolute Gasteiger partial charge is 0.337 e. The van der Waals surface area contributed by atoms with Gasteiger partial charge in [0.15, 0.2) is 11.0 Å². The van der Waals surface area contributed by atoms with Crippen LogP contribution in [0.15, 0.2) is 42.3 Å². The SMILES string of the molecule is C=CCn1c(SCC(=O)NC(C)(C#N)C2CC2)nnc1-c1ccncc1. The van der Waals surface area contributed by atoms with E-state index in [2.05, 4.69) is 33.1 Å². The van der Waals surface area contributed by atoms with Crippen molar-refractivity contribution in [1.29, 1.82) is 5.26 Å². The van der Waals surface area contributed by atoms with Crippen LogP contribution < -0.4 is 5.32 Å². The Morgan fingerprint density at radius 2 is 2.23 bits per heavy atom. The molecule has 2 aromatic heterocycles. The van der Waals surface area contributed by atoms with Gasteiger partial charge in [-0.25, -0.2) is 0 Å². The molecule has 3 rings (SSSR count). The summed E-state index contributed by atoms with van der Waals surface area (Å²) in [5.41, 5.74) is 0.116. The smallest absolute Gasteiger partial charge is 0.231 e. The molecule has 7 nitrogen and oxygen atoms in total. The number of hydrogen-bond acceptors (Lipinski definition) is 6. The molecule has 1 amide bonds. The molecule has 0 bridgehead atoms. The van der Waals surface area contributed by atoms with E-state index in [9.17, 15) is 10.1 Å². The molecule has 1 N–H and O–H groups in total. The lowest BCUT2D eigenvalue weighted by Gasteiger charge is -2.22. The van der Waals surface area contributed by atoms with Crippen LogP contribution in [0.5, 0.6) is 0 Å². The van der Waals surface area contributed by atoms with Gasteiger partial charge >= 0.3 is 0 Å². The van der Waals surface area contributed by atoms with Crippen molar-refractivity contribution in [2.75, 3.05) is 5.75 Å². The maximum Gasteiger partial charge on any atom is 0.231 e. The predicted molar refractivity (Wildman–Crippen MR) is 99.1 cm³/mol. The van der Waals surface area contributed by atoms with E-state index in [4.69, 9.17) is 0 Å². The average molecular weight is 368 g/mol. The number of aromatic nitrogens is 4. The lowest BCUT2D eigenvalue weighted by Crippen LogP contribution is -2.47. The van der Waals surface area contributed by atoms with E-state index < -0.39 is 5.54 Å². The molecule has 1 fully saturated rings. The first kappa shape index (κ1) is 18.1. The number of nitrogens with zero attached hydrogens (tertiary/aromatic N) is 5. The van der Waals surface area contributed by atoms with Crippen LogP contribution in [0, 0.1) is 17.2 Å². The van der Waals surface area contributed by atoms with Gasteiger partial charge in [0.05, 0.1) is 11.8 Å². The minimum atomic E-state index is -0.783. The second kappa shape index (κ2) is 7.70. The highest BCUT2D eigenvalue weighted by Crippen LogP contribution is 2.39. The Balaban J connectivity index is 1.70. The maximum atomic E-state index is 12.3. The second-order valence-corrected chi connectivity index (χ2v) is 7.31. The zero-order chi connectivity index (χ0) is 18.6. The number of nitrogens with one attached hydrogen (secondary N) is 1. The van der Waals surface area contributed by atoms with Crippen molar-refractivity contribution >= 4 is 17.7 Å². The summed E-state index contributed by atoms with van der Waals surface area (Å²) in [5, 5.41) is 21.3. The van der Waals surface area contributed by atoms with Gasteiger partial charge in [0, 0.05) is 24.5 Å². The Bertz CT molecular complexity index is 839. The summed E-state index contributed by atoms with van der Waals surface area (Å²) >= 11 is 1.30. The number of pyridine rings is 1. The Morgan fingerprint density at radius 3 is 2.85 bits per heavy atom. The van der Waals surface area contributed by atoms with Crippen LogP contribution in [-0.2, 0) is 11.3 Å². The summed E-state index contributed by atoms with van der Waals surface area (Å²) in [5.74, 6) is 0.957. The fourth-order valence-corrected chi connectivity index (χ4v) is 3.49. The molecule has 1 atom stereocenters. The third kappa shape index (κ3) is 3.94. The molecule has 1 aliphatic rings. The monoisotopic (exact) mass is 368 g/mol. The highest BCUT2D eigenvalue weighted by molar-refractivity contribution is 7.99. The topological polar surface area (TPSA) is 96.5 Å². The molecular formula is C18H20N6OS. The molecule has 0 aliphatic heterocycles. The number of carbonyl (C=O) groups is 1. The second-order valence-electron chi connectivity index (χ2n) is 6.37. The van der Waals surface area contributed by atoms with Crippen molar-refractivity contribution < 1.29 is 4.79 Å². The zero-order valence-corrected chi connectivity index (χ0v) is 15.4. The fourth-order valence-electron chi connectivity index (χ4n) is 2.74. The van der Waals surface area contributed by atoms with E-state index >= 15 is 0 Å². The first-order valence-corrected chi connectivity index (χ1v) is 9.35. The normalized spacial score (nSPS) is 15.7. The fraction of sp³-hybridized carbons (Fsp3) is 0.389. The van der Waals surface area contributed by atoms with Crippen molar-refractivity contribution in [2.24, 2.45) is 5.92 Å². The average Bonchev–Trinajstić information content (AvgIpc) is 3.44. The van der Waals surface area contributed by atoms with Crippen molar-refractivity contribution in [3.63, 3.8) is 0 Å². The number of allylic oxidation sites excluding steroid dienone is 1. The number of rotatable bonds is 8. The molecule has 26 heavy (non-hydrogen) atoms. The molecule has 8 heteroatoms. The number of nitriles is 1. The van der Waals surface area contributed by atoms with E-state index in [0.717, 1.165) is 18.4 Å². The Morgan fingerprint density at radius 1 is 1.50 bits per heavy atom. The number of amides is 1. The van der Waals surface area contributed by atoms with Crippen molar-refractivity contribution in [3.8, 4) is 17.5 Å². The molecule has 1 unspecified atom stereocenters. The molecular weight excluding hydrogens is 348 g/mol. The summed E-state index contributed by atoms with van der Waals surface area (Å²) in [6, 6.07) is 5.95. The summed E-state index contributed by atoms with van der Waals surface area (Å²) in [7, 11) is 0. The predicted octanol–water partition coefficient (Wildman–Crippen LogP) is 2.43. The van der Waals surface area contributed by atoms with Gasteiger partial charge in [-0.1, -0.05) is 17.8 Å². The van der Waals surface area contributed by atoms with Gasteiger partial charge in [-0.2, -0.15) is 5.26 Å². The molecule has 2 aromatic rings. The summed E-state index contributed by atoms with van der Waals surface area (Å²) in [4.78, 5) is 16.3. The minimum Gasteiger partial charge on any atom is -0.337 e. The molecule has 1 aliphatic carbocycles. The summed E-state index contributed by atoms with van der Waals surface area (Å²) in [6.45, 7) is 6.10. The van der Waals surface area contributed by atoms with Gasteiger partial charge in [0.25, 0.3) is 0 Å². The summed E-state index contributed by atoms with van der Waals surface area (Å²) in [6.07, 6.45) is 7.13. The van der Waals surface area contributed by atoms with E-state index in [1.165, 1.54) is 11.8 Å². The van der Waals surface area contributed by atoms with E-state index in [1.54, 1.807) is 25.4 Å². The lowest BCUT2D eigenvalue weighted by atomic mass is 9.98. The summed E-state index contributed by atoms with van der Waals surface area (Å²) < 4.78 is 1.91. The van der Waals surface area contributed by atoms with Crippen LogP contribution in [-0.4, -0.2) is 36.9 Å². The maximum absolute atomic E-state index is 12.3. The first-order valence-electron chi connectivity index (χ1n) is 8.37. The van der Waals surface area contributed by atoms with E-state index in [-0.39, 0.29) is 17.6 Å². The van der Waals surface area contributed by atoms with Gasteiger partial charge in [-0.15, -0.1) is 16.8 Å². The van der Waals surface area contributed by atoms with Crippen molar-refractivity contribution in [1.82, 2.24) is 25.1 Å². The Kier molecular flexibility index (Phi) is 5.38. The van der Waals surface area contributed by atoms with Gasteiger partial charge < -0.3 is 5.32 Å². The standard InChI is InChI=1S/C18H20N6OS/c1-3-10-24-16(13-6-8-20-9-7-13)22-23-17(24)26-11-15(25)21-18(2,12-19)14-4-5-14/h3,6-9,14H,1,4-5,10-11H2,2H3,(H,21,25). The van der Waals surface area contributed by atoms with Gasteiger partial charge in [0.1, 0.15) is 5.54 Å². The molecule has 0 saturated heterocycles. The van der Waals surface area contributed by atoms with Gasteiger partial charge in [-0.3, -0.25) is 14.3 Å². The van der Waals surface area contributed by atoms with Crippen LogP contribution in [0.2, 0.25) is 0 Å². The third-order valence-electron chi connectivity index (χ3n) is 4.32. The molecule has 0 aromatic carbocycles. The number of carbonyl (C=O) groups excluding carboxylic acids is 1. The first-order chi connectivity index (χ1) is 12.6. The molecule has 0 spiro atoms. The highest BCUT2D eigenvalue weighted by Gasteiger charge is 2.42. The Labute approximate surface area is 156 Å². The highest BCUT2D eigenvalue weighted by atomic mass is 32.2. The Hall–Kier alpha value is -2.66. The minimum absolute atomic E-state index is 0.176. The molecule has 1 saturated carbocycles. The van der Waals surface area contributed by atoms with Crippen molar-refractivity contribution in [3.05, 3.63) is 37.2 Å². The quantitative estimate of drug-likeness (QED) is 0.568. The molecule has 134 valence electrons. The van der Waals surface area contributed by atoms with Crippen LogP contribution in [0.3, 0.4) is 0 Å². The zero-order valence-electron chi connectivity index (χ0n) is 14.6. The van der Waals surface area contributed by atoms with Crippen LogP contribution >= 0.6 is 11.8 Å².